The average Bonchev–Trinajstić information content (AvgIpc) is 3.49. The van der Waals surface area contributed by atoms with Crippen molar-refractivity contribution in [1.29, 1.82) is 0 Å². The van der Waals surface area contributed by atoms with Gasteiger partial charge in [0.25, 0.3) is 0 Å². The first kappa shape index (κ1) is 25.8. The molecule has 5 rings (SSSR count). The van der Waals surface area contributed by atoms with Crippen LogP contribution in [0.3, 0.4) is 0 Å². The maximum Gasteiger partial charge on any atom is 0.410 e. The quantitative estimate of drug-likeness (QED) is 0.348. The minimum Gasteiger partial charge on any atom is -0.462 e. The molecule has 2 aliphatic rings. The molecule has 1 aromatic heterocycles. The maximum absolute atomic E-state index is 12.8. The van der Waals surface area contributed by atoms with E-state index in [1.807, 2.05) is 85.0 Å². The zero-order valence-corrected chi connectivity index (χ0v) is 22.5. The smallest absolute Gasteiger partial charge is 0.410 e. The molecule has 0 N–H and O–H groups in total. The van der Waals surface area contributed by atoms with Gasteiger partial charge in [0, 0.05) is 24.8 Å². The number of rotatable bonds is 6. The van der Waals surface area contributed by atoms with Crippen LogP contribution in [0, 0.1) is 5.41 Å². The van der Waals surface area contributed by atoms with E-state index in [4.69, 9.17) is 19.3 Å². The molecule has 1 aliphatic carbocycles. The Hall–Kier alpha value is -3.81. The van der Waals surface area contributed by atoms with Crippen LogP contribution in [0.25, 0.3) is 11.3 Å². The number of nitrogens with zero attached hydrogens (tertiary/aromatic N) is 3. The third kappa shape index (κ3) is 5.54. The number of para-hydroxylation sites is 1. The van der Waals surface area contributed by atoms with Crippen molar-refractivity contribution in [2.24, 2.45) is 5.41 Å². The van der Waals surface area contributed by atoms with Gasteiger partial charge in [-0.25, -0.2) is 9.59 Å². The molecule has 1 saturated heterocycles. The van der Waals surface area contributed by atoms with Gasteiger partial charge >= 0.3 is 12.1 Å². The highest BCUT2D eigenvalue weighted by atomic mass is 16.6. The highest BCUT2D eigenvalue weighted by Crippen LogP contribution is 2.54. The SMILES string of the molecule is CCOC(=O)c1cn(C2CC3(CCN(C(=O)OC(C)(C)C)C3)C2)nc1-c1ccc(Oc2ccccc2)cc1. The van der Waals surface area contributed by atoms with E-state index in [1.54, 1.807) is 13.1 Å². The molecule has 38 heavy (non-hydrogen) atoms. The van der Waals surface area contributed by atoms with Crippen molar-refractivity contribution in [2.45, 2.75) is 58.6 Å². The van der Waals surface area contributed by atoms with Crippen molar-refractivity contribution in [1.82, 2.24) is 14.7 Å². The molecule has 0 bridgehead atoms. The van der Waals surface area contributed by atoms with Crippen molar-refractivity contribution in [3.63, 3.8) is 0 Å². The topological polar surface area (TPSA) is 82.9 Å². The lowest BCUT2D eigenvalue weighted by molar-refractivity contribution is 0.0185. The summed E-state index contributed by atoms with van der Waals surface area (Å²) >= 11 is 0. The van der Waals surface area contributed by atoms with Crippen LogP contribution in [0.4, 0.5) is 4.79 Å². The summed E-state index contributed by atoms with van der Waals surface area (Å²) in [5, 5.41) is 4.85. The van der Waals surface area contributed by atoms with E-state index >= 15 is 0 Å². The van der Waals surface area contributed by atoms with Gasteiger partial charge in [-0.05, 0) is 88.8 Å². The van der Waals surface area contributed by atoms with Crippen molar-refractivity contribution in [3.05, 3.63) is 66.4 Å². The Kier molecular flexibility index (Phi) is 6.90. The second-order valence-electron chi connectivity index (χ2n) is 11.2. The van der Waals surface area contributed by atoms with Crippen LogP contribution in [0.5, 0.6) is 11.5 Å². The maximum atomic E-state index is 12.8. The lowest BCUT2D eigenvalue weighted by Crippen LogP contribution is -2.43. The first-order chi connectivity index (χ1) is 18.1. The number of esters is 1. The van der Waals surface area contributed by atoms with Crippen LogP contribution < -0.4 is 4.74 Å². The summed E-state index contributed by atoms with van der Waals surface area (Å²) in [7, 11) is 0. The van der Waals surface area contributed by atoms with E-state index in [-0.39, 0.29) is 23.5 Å². The number of carbonyl (C=O) groups is 2. The summed E-state index contributed by atoms with van der Waals surface area (Å²) in [6.07, 6.45) is 4.31. The lowest BCUT2D eigenvalue weighted by atomic mass is 9.65. The van der Waals surface area contributed by atoms with Gasteiger partial charge in [0.1, 0.15) is 28.4 Å². The van der Waals surface area contributed by atoms with Crippen LogP contribution in [-0.4, -0.2) is 52.0 Å². The third-order valence-electron chi connectivity index (χ3n) is 7.14. The standard InChI is InChI=1S/C30H35N3O5/c1-5-36-27(34)25-19-33(22-17-30(18-22)15-16-32(20-30)28(35)38-29(2,3)4)31-26(25)21-11-13-24(14-12-21)37-23-9-7-6-8-10-23/h6-14,19,22H,5,15-18,20H2,1-4H3. The van der Waals surface area contributed by atoms with Gasteiger partial charge in [-0.1, -0.05) is 18.2 Å². The minimum absolute atomic E-state index is 0.0776. The number of likely N-dealkylation sites (tertiary alicyclic amines) is 1. The van der Waals surface area contributed by atoms with Crippen LogP contribution in [0.2, 0.25) is 0 Å². The van der Waals surface area contributed by atoms with Gasteiger partial charge in [-0.2, -0.15) is 5.10 Å². The van der Waals surface area contributed by atoms with Crippen LogP contribution >= 0.6 is 0 Å². The Morgan fingerprint density at radius 2 is 1.71 bits per heavy atom. The van der Waals surface area contributed by atoms with Gasteiger partial charge in [-0.15, -0.1) is 0 Å². The van der Waals surface area contributed by atoms with E-state index in [9.17, 15) is 9.59 Å². The van der Waals surface area contributed by atoms with Crippen LogP contribution in [-0.2, 0) is 9.47 Å². The van der Waals surface area contributed by atoms with Crippen molar-refractivity contribution < 1.29 is 23.8 Å². The molecular weight excluding hydrogens is 482 g/mol. The predicted octanol–water partition coefficient (Wildman–Crippen LogP) is 6.48. The molecule has 1 saturated carbocycles. The molecule has 2 fully saturated rings. The summed E-state index contributed by atoms with van der Waals surface area (Å²) in [6, 6.07) is 17.3. The van der Waals surface area contributed by atoms with Gasteiger partial charge in [-0.3, -0.25) is 4.68 Å². The number of hydrogen-bond acceptors (Lipinski definition) is 6. The normalized spacial score (nSPS) is 20.7. The van der Waals surface area contributed by atoms with E-state index in [2.05, 4.69) is 0 Å². The fourth-order valence-electron chi connectivity index (χ4n) is 5.33. The first-order valence-electron chi connectivity index (χ1n) is 13.2. The Labute approximate surface area is 223 Å². The van der Waals surface area contributed by atoms with Crippen molar-refractivity contribution in [2.75, 3.05) is 19.7 Å². The molecule has 8 heteroatoms. The predicted molar refractivity (Wildman–Crippen MR) is 143 cm³/mol. The zero-order chi connectivity index (χ0) is 26.9. The molecule has 1 aliphatic heterocycles. The van der Waals surface area contributed by atoms with E-state index in [0.29, 0.717) is 36.7 Å². The molecule has 1 spiro atoms. The van der Waals surface area contributed by atoms with E-state index in [0.717, 1.165) is 30.6 Å². The summed E-state index contributed by atoms with van der Waals surface area (Å²) in [4.78, 5) is 27.2. The van der Waals surface area contributed by atoms with Gasteiger partial charge < -0.3 is 19.1 Å². The number of hydrogen-bond donors (Lipinski definition) is 0. The lowest BCUT2D eigenvalue weighted by Gasteiger charge is -2.45. The number of aromatic nitrogens is 2. The zero-order valence-electron chi connectivity index (χ0n) is 22.5. The molecule has 1 amide bonds. The summed E-state index contributed by atoms with van der Waals surface area (Å²) in [5.74, 6) is 1.07. The largest absolute Gasteiger partial charge is 0.462 e. The number of carbonyl (C=O) groups excluding carboxylic acids is 2. The fraction of sp³-hybridized carbons (Fsp3) is 0.433. The van der Waals surface area contributed by atoms with Crippen LogP contribution in [0.1, 0.15) is 63.4 Å². The first-order valence-corrected chi connectivity index (χ1v) is 13.2. The summed E-state index contributed by atoms with van der Waals surface area (Å²) in [5.41, 5.74) is 1.44. The second-order valence-corrected chi connectivity index (χ2v) is 11.2. The fourth-order valence-corrected chi connectivity index (χ4v) is 5.33. The third-order valence-corrected chi connectivity index (χ3v) is 7.14. The monoisotopic (exact) mass is 517 g/mol. The van der Waals surface area contributed by atoms with Crippen molar-refractivity contribution in [3.8, 4) is 22.8 Å². The molecule has 0 atom stereocenters. The molecule has 200 valence electrons. The van der Waals surface area contributed by atoms with Gasteiger partial charge in [0.05, 0.1) is 12.6 Å². The molecule has 2 aromatic carbocycles. The van der Waals surface area contributed by atoms with E-state index < -0.39 is 5.60 Å². The Morgan fingerprint density at radius 3 is 2.37 bits per heavy atom. The molecule has 0 radical (unpaired) electrons. The molecule has 8 nitrogen and oxygen atoms in total. The summed E-state index contributed by atoms with van der Waals surface area (Å²) < 4.78 is 18.7. The van der Waals surface area contributed by atoms with Gasteiger partial charge in [0.2, 0.25) is 0 Å². The van der Waals surface area contributed by atoms with E-state index in [1.165, 1.54) is 0 Å². The van der Waals surface area contributed by atoms with Crippen molar-refractivity contribution >= 4 is 12.1 Å². The molecule has 0 unspecified atom stereocenters. The highest BCUT2D eigenvalue weighted by molar-refractivity contribution is 5.96. The average molecular weight is 518 g/mol. The number of ether oxygens (including phenoxy) is 3. The Balaban J connectivity index is 1.30. The molecule has 3 aromatic rings. The Bertz CT molecular complexity index is 1290. The number of benzene rings is 2. The number of amides is 1. The highest BCUT2D eigenvalue weighted by Gasteiger charge is 2.51. The minimum atomic E-state index is -0.504. The Morgan fingerprint density at radius 1 is 1.03 bits per heavy atom. The second kappa shape index (κ2) is 10.2. The van der Waals surface area contributed by atoms with Gasteiger partial charge in [0.15, 0.2) is 0 Å². The van der Waals surface area contributed by atoms with Crippen LogP contribution in [0.15, 0.2) is 60.8 Å². The summed E-state index contributed by atoms with van der Waals surface area (Å²) in [6.45, 7) is 9.14. The molecular formula is C30H35N3O5. The molecule has 2 heterocycles.